The van der Waals surface area contributed by atoms with Gasteiger partial charge in [0, 0.05) is 0 Å². The zero-order valence-electron chi connectivity index (χ0n) is 7.08. The zero-order valence-corrected chi connectivity index (χ0v) is 8.67. The van der Waals surface area contributed by atoms with Crippen LogP contribution in [0, 0.1) is 0 Å². The first-order valence-electron chi connectivity index (χ1n) is 3.83. The Hall–Kier alpha value is -1.03. The number of rotatable bonds is 2. The van der Waals surface area contributed by atoms with Crippen LogP contribution in [-0.4, -0.2) is 12.1 Å². The van der Waals surface area contributed by atoms with Crippen LogP contribution in [0.3, 0.4) is 0 Å². The fraction of sp³-hybridized carbons (Fsp3) is 0.222. The molecule has 0 saturated carbocycles. The molecule has 68 valence electrons. The molecule has 0 aliphatic rings. The zero-order chi connectivity index (χ0) is 9.26. The van der Waals surface area contributed by atoms with Crippen molar-refractivity contribution in [2.45, 2.75) is 5.33 Å². The van der Waals surface area contributed by atoms with Crippen molar-refractivity contribution in [3.05, 3.63) is 24.1 Å². The summed E-state index contributed by atoms with van der Waals surface area (Å²) in [6.07, 6.45) is 0. The second-order valence-corrected chi connectivity index (χ2v) is 3.11. The van der Waals surface area contributed by atoms with Gasteiger partial charge in [-0.25, -0.2) is 4.98 Å². The van der Waals surface area contributed by atoms with Crippen molar-refractivity contribution in [1.82, 2.24) is 4.98 Å². The van der Waals surface area contributed by atoms with E-state index >= 15 is 0 Å². The molecule has 1 heterocycles. The fourth-order valence-corrected chi connectivity index (χ4v) is 1.43. The number of oxazole rings is 1. The molecule has 0 N–H and O–H groups in total. The maximum Gasteiger partial charge on any atom is 0.206 e. The van der Waals surface area contributed by atoms with Gasteiger partial charge >= 0.3 is 0 Å². The average molecular weight is 242 g/mol. The molecule has 1 aromatic carbocycles. The molecule has 0 fully saturated rings. The highest BCUT2D eigenvalue weighted by atomic mass is 79.9. The molecule has 0 aliphatic carbocycles. The summed E-state index contributed by atoms with van der Waals surface area (Å²) in [6, 6.07) is 5.64. The molecule has 0 spiro atoms. The molecule has 4 heteroatoms. The number of nitrogens with zero attached hydrogens (tertiary/aromatic N) is 1. The van der Waals surface area contributed by atoms with Crippen LogP contribution in [0.4, 0.5) is 0 Å². The molecule has 0 saturated heterocycles. The van der Waals surface area contributed by atoms with Crippen LogP contribution in [0.1, 0.15) is 5.89 Å². The van der Waals surface area contributed by atoms with Gasteiger partial charge in [0.1, 0.15) is 5.52 Å². The van der Waals surface area contributed by atoms with Gasteiger partial charge in [-0.3, -0.25) is 0 Å². The van der Waals surface area contributed by atoms with Crippen LogP contribution in [0.2, 0.25) is 0 Å². The van der Waals surface area contributed by atoms with Gasteiger partial charge in [0.05, 0.1) is 12.4 Å². The summed E-state index contributed by atoms with van der Waals surface area (Å²) in [5, 5.41) is 0.616. The Morgan fingerprint density at radius 3 is 3.08 bits per heavy atom. The molecule has 1 aromatic heterocycles. The lowest BCUT2D eigenvalue weighted by atomic mass is 10.3. The third kappa shape index (κ3) is 1.42. The first-order chi connectivity index (χ1) is 6.35. The summed E-state index contributed by atoms with van der Waals surface area (Å²) >= 11 is 3.28. The lowest BCUT2D eigenvalue weighted by Crippen LogP contribution is -1.81. The molecule has 0 radical (unpaired) electrons. The predicted octanol–water partition coefficient (Wildman–Crippen LogP) is 2.73. The van der Waals surface area contributed by atoms with Crippen LogP contribution < -0.4 is 4.74 Å². The summed E-state index contributed by atoms with van der Waals surface area (Å²) in [5.74, 6) is 1.39. The highest BCUT2D eigenvalue weighted by Crippen LogP contribution is 2.26. The summed E-state index contributed by atoms with van der Waals surface area (Å²) in [4.78, 5) is 4.25. The Morgan fingerprint density at radius 2 is 2.38 bits per heavy atom. The van der Waals surface area contributed by atoms with Crippen molar-refractivity contribution in [2.75, 3.05) is 7.11 Å². The number of hydrogen-bond donors (Lipinski definition) is 0. The number of ether oxygens (including phenoxy) is 1. The Balaban J connectivity index is 2.67. The van der Waals surface area contributed by atoms with Gasteiger partial charge in [-0.05, 0) is 12.1 Å². The van der Waals surface area contributed by atoms with Crippen LogP contribution in [-0.2, 0) is 5.33 Å². The van der Waals surface area contributed by atoms with E-state index in [2.05, 4.69) is 20.9 Å². The van der Waals surface area contributed by atoms with Gasteiger partial charge in [-0.2, -0.15) is 0 Å². The second-order valence-electron chi connectivity index (χ2n) is 2.55. The largest absolute Gasteiger partial charge is 0.493 e. The van der Waals surface area contributed by atoms with E-state index in [9.17, 15) is 0 Å². The summed E-state index contributed by atoms with van der Waals surface area (Å²) in [5.41, 5.74) is 1.54. The van der Waals surface area contributed by atoms with Crippen molar-refractivity contribution in [2.24, 2.45) is 0 Å². The molecule has 2 aromatic rings. The standard InChI is InChI=1S/C9H8BrNO2/c1-12-7-4-2-3-6-9(7)13-8(5-10)11-6/h2-4H,5H2,1H3. The van der Waals surface area contributed by atoms with E-state index in [1.54, 1.807) is 7.11 Å². The fourth-order valence-electron chi connectivity index (χ4n) is 1.19. The number of aromatic nitrogens is 1. The highest BCUT2D eigenvalue weighted by molar-refractivity contribution is 9.08. The number of methoxy groups -OCH3 is 1. The first-order valence-corrected chi connectivity index (χ1v) is 4.95. The predicted molar refractivity (Wildman–Crippen MR) is 53.2 cm³/mol. The van der Waals surface area contributed by atoms with E-state index in [0.29, 0.717) is 16.8 Å². The molecule has 13 heavy (non-hydrogen) atoms. The quantitative estimate of drug-likeness (QED) is 0.759. The van der Waals surface area contributed by atoms with Gasteiger partial charge in [0.25, 0.3) is 0 Å². The van der Waals surface area contributed by atoms with Crippen molar-refractivity contribution in [3.63, 3.8) is 0 Å². The van der Waals surface area contributed by atoms with E-state index in [0.717, 1.165) is 11.3 Å². The Morgan fingerprint density at radius 1 is 1.54 bits per heavy atom. The van der Waals surface area contributed by atoms with Gasteiger partial charge in [-0.15, -0.1) is 0 Å². The molecule has 2 rings (SSSR count). The number of halogens is 1. The Kier molecular flexibility index (Phi) is 2.22. The van der Waals surface area contributed by atoms with E-state index in [1.807, 2.05) is 18.2 Å². The van der Waals surface area contributed by atoms with Crippen LogP contribution in [0.25, 0.3) is 11.1 Å². The number of alkyl halides is 1. The monoisotopic (exact) mass is 241 g/mol. The molecular formula is C9H8BrNO2. The van der Waals surface area contributed by atoms with Gasteiger partial charge in [0.2, 0.25) is 5.89 Å². The van der Waals surface area contributed by atoms with Crippen LogP contribution >= 0.6 is 15.9 Å². The topological polar surface area (TPSA) is 35.3 Å². The van der Waals surface area contributed by atoms with Crippen LogP contribution in [0.5, 0.6) is 5.75 Å². The lowest BCUT2D eigenvalue weighted by molar-refractivity contribution is 0.408. The highest BCUT2D eigenvalue weighted by Gasteiger charge is 2.08. The summed E-state index contributed by atoms with van der Waals surface area (Å²) in [6.45, 7) is 0. The van der Waals surface area contributed by atoms with Gasteiger partial charge in [0.15, 0.2) is 11.3 Å². The molecule has 0 atom stereocenters. The maximum atomic E-state index is 5.46. The SMILES string of the molecule is COc1cccc2nc(CBr)oc12. The Bertz CT molecular complexity index is 424. The molecule has 3 nitrogen and oxygen atoms in total. The third-order valence-corrected chi connectivity index (χ3v) is 2.24. The van der Waals surface area contributed by atoms with Gasteiger partial charge in [-0.1, -0.05) is 22.0 Å². The first kappa shape index (κ1) is 8.56. The number of hydrogen-bond acceptors (Lipinski definition) is 3. The number of para-hydroxylation sites is 1. The lowest BCUT2D eigenvalue weighted by Gasteiger charge is -1.96. The number of fused-ring (bicyclic) bond motifs is 1. The Labute approximate surface area is 83.8 Å². The minimum atomic E-state index is 0.616. The van der Waals surface area contributed by atoms with Gasteiger partial charge < -0.3 is 9.15 Å². The minimum Gasteiger partial charge on any atom is -0.493 e. The smallest absolute Gasteiger partial charge is 0.206 e. The van der Waals surface area contributed by atoms with E-state index < -0.39 is 0 Å². The van der Waals surface area contributed by atoms with E-state index in [-0.39, 0.29) is 0 Å². The molecule has 0 unspecified atom stereocenters. The maximum absolute atomic E-state index is 5.46. The molecule has 0 amide bonds. The van der Waals surface area contributed by atoms with Crippen molar-refractivity contribution >= 4 is 27.0 Å². The molecular weight excluding hydrogens is 234 g/mol. The van der Waals surface area contributed by atoms with Crippen molar-refractivity contribution in [1.29, 1.82) is 0 Å². The average Bonchev–Trinajstić information content (AvgIpc) is 2.59. The van der Waals surface area contributed by atoms with E-state index in [4.69, 9.17) is 9.15 Å². The summed E-state index contributed by atoms with van der Waals surface area (Å²) < 4.78 is 10.6. The van der Waals surface area contributed by atoms with E-state index in [1.165, 1.54) is 0 Å². The third-order valence-electron chi connectivity index (χ3n) is 1.76. The minimum absolute atomic E-state index is 0.616. The normalized spacial score (nSPS) is 10.6. The second kappa shape index (κ2) is 3.38. The van der Waals surface area contributed by atoms with Crippen molar-refractivity contribution in [3.8, 4) is 5.75 Å². The summed E-state index contributed by atoms with van der Waals surface area (Å²) in [7, 11) is 1.62. The number of benzene rings is 1. The van der Waals surface area contributed by atoms with Crippen LogP contribution in [0.15, 0.2) is 22.6 Å². The molecule has 0 aliphatic heterocycles. The van der Waals surface area contributed by atoms with Crippen molar-refractivity contribution < 1.29 is 9.15 Å². The molecule has 0 bridgehead atoms.